The maximum absolute atomic E-state index is 12.3. The van der Waals surface area contributed by atoms with Gasteiger partial charge in [-0.1, -0.05) is 11.6 Å². The first-order valence-corrected chi connectivity index (χ1v) is 4.56. The Bertz CT molecular complexity index is 297. The minimum absolute atomic E-state index is 0.220. The summed E-state index contributed by atoms with van der Waals surface area (Å²) in [4.78, 5) is 3.81. The smallest absolute Gasteiger partial charge is 0.258 e. The fourth-order valence-corrected chi connectivity index (χ4v) is 1.25. The third-order valence-corrected chi connectivity index (χ3v) is 2.15. The molecule has 0 amide bonds. The number of nitrogens with zero attached hydrogens (tertiary/aromatic N) is 1. The van der Waals surface area contributed by atoms with Crippen LogP contribution in [-0.4, -0.2) is 17.5 Å². The summed E-state index contributed by atoms with van der Waals surface area (Å²) < 4.78 is 24.5. The van der Waals surface area contributed by atoms with Crippen molar-refractivity contribution in [2.45, 2.75) is 26.3 Å². The lowest BCUT2D eigenvalue weighted by molar-refractivity contribution is 0.130. The molecule has 1 aromatic heterocycles. The highest BCUT2D eigenvalue weighted by Gasteiger charge is 2.16. The van der Waals surface area contributed by atoms with Gasteiger partial charge in [-0.25, -0.2) is 13.8 Å². The molecule has 1 aromatic rings. The van der Waals surface area contributed by atoms with Crippen LogP contribution in [0.4, 0.5) is 14.5 Å². The van der Waals surface area contributed by atoms with Crippen molar-refractivity contribution in [2.75, 3.05) is 5.32 Å². The van der Waals surface area contributed by atoms with Crippen LogP contribution in [-0.2, 0) is 0 Å². The number of alkyl halides is 2. The summed E-state index contributed by atoms with van der Waals surface area (Å²) in [5.41, 5.74) is 1.28. The van der Waals surface area contributed by atoms with Crippen molar-refractivity contribution in [1.82, 2.24) is 4.98 Å². The molecule has 0 spiro atoms. The molecular formula is C9H11ClF2N2. The van der Waals surface area contributed by atoms with E-state index in [2.05, 4.69) is 10.3 Å². The highest BCUT2D eigenvalue weighted by Crippen LogP contribution is 2.24. The lowest BCUT2D eigenvalue weighted by atomic mass is 10.2. The molecule has 0 saturated heterocycles. The average Bonchev–Trinajstić information content (AvgIpc) is 2.11. The molecule has 0 radical (unpaired) electrons. The lowest BCUT2D eigenvalue weighted by Gasteiger charge is -2.16. The zero-order chi connectivity index (χ0) is 10.7. The third kappa shape index (κ3) is 2.54. The molecule has 78 valence electrons. The minimum Gasteiger partial charge on any atom is -0.374 e. The second-order valence-electron chi connectivity index (χ2n) is 3.06. The predicted octanol–water partition coefficient (Wildman–Crippen LogP) is 3.11. The monoisotopic (exact) mass is 220 g/mol. The normalized spacial score (nSPS) is 13.0. The Hall–Kier alpha value is -0.900. The van der Waals surface area contributed by atoms with Gasteiger partial charge in [-0.05, 0) is 25.5 Å². The maximum atomic E-state index is 12.3. The van der Waals surface area contributed by atoms with Gasteiger partial charge < -0.3 is 5.32 Å². The predicted molar refractivity (Wildman–Crippen MR) is 53.1 cm³/mol. The molecule has 0 aliphatic heterocycles. The van der Waals surface area contributed by atoms with Crippen molar-refractivity contribution in [2.24, 2.45) is 0 Å². The van der Waals surface area contributed by atoms with Gasteiger partial charge in [0.1, 0.15) is 0 Å². The minimum atomic E-state index is -2.43. The molecule has 1 N–H and O–H groups in total. The molecule has 1 heterocycles. The van der Waals surface area contributed by atoms with Crippen LogP contribution in [0.25, 0.3) is 0 Å². The summed E-state index contributed by atoms with van der Waals surface area (Å²) >= 11 is 5.76. The Morgan fingerprint density at radius 1 is 1.50 bits per heavy atom. The number of anilines is 1. The quantitative estimate of drug-likeness (QED) is 0.792. The van der Waals surface area contributed by atoms with Gasteiger partial charge in [-0.15, -0.1) is 0 Å². The number of pyridine rings is 1. The highest BCUT2D eigenvalue weighted by molar-refractivity contribution is 6.32. The van der Waals surface area contributed by atoms with Gasteiger partial charge in [0.25, 0.3) is 6.43 Å². The molecule has 1 unspecified atom stereocenters. The van der Waals surface area contributed by atoms with E-state index in [1.807, 2.05) is 0 Å². The maximum Gasteiger partial charge on any atom is 0.258 e. The lowest BCUT2D eigenvalue weighted by Crippen LogP contribution is -2.24. The van der Waals surface area contributed by atoms with Crippen LogP contribution in [0.5, 0.6) is 0 Å². The second-order valence-corrected chi connectivity index (χ2v) is 3.42. The molecule has 5 heteroatoms. The molecule has 14 heavy (non-hydrogen) atoms. The van der Waals surface area contributed by atoms with Gasteiger partial charge in [0.05, 0.1) is 11.7 Å². The van der Waals surface area contributed by atoms with E-state index < -0.39 is 12.5 Å². The van der Waals surface area contributed by atoms with Crippen LogP contribution >= 0.6 is 11.6 Å². The number of halogens is 3. The van der Waals surface area contributed by atoms with Crippen LogP contribution in [0.1, 0.15) is 12.5 Å². The van der Waals surface area contributed by atoms with Gasteiger partial charge in [-0.3, -0.25) is 0 Å². The molecule has 0 bridgehead atoms. The highest BCUT2D eigenvalue weighted by atomic mass is 35.5. The van der Waals surface area contributed by atoms with Crippen molar-refractivity contribution in [3.8, 4) is 0 Å². The average molecular weight is 221 g/mol. The van der Waals surface area contributed by atoms with Crippen molar-refractivity contribution < 1.29 is 8.78 Å². The van der Waals surface area contributed by atoms with Crippen molar-refractivity contribution in [1.29, 1.82) is 0 Å². The van der Waals surface area contributed by atoms with E-state index in [1.54, 1.807) is 13.0 Å². The molecule has 2 nitrogen and oxygen atoms in total. The van der Waals surface area contributed by atoms with Gasteiger partial charge in [0.15, 0.2) is 5.15 Å². The second kappa shape index (κ2) is 4.55. The number of aromatic nitrogens is 1. The van der Waals surface area contributed by atoms with E-state index in [0.717, 1.165) is 5.56 Å². The Labute approximate surface area is 86.3 Å². The molecule has 0 fully saturated rings. The van der Waals surface area contributed by atoms with Gasteiger partial charge in [0, 0.05) is 6.20 Å². The topological polar surface area (TPSA) is 24.9 Å². The fraction of sp³-hybridized carbons (Fsp3) is 0.444. The zero-order valence-corrected chi connectivity index (χ0v) is 8.65. The summed E-state index contributed by atoms with van der Waals surface area (Å²) in [6.45, 7) is 3.18. The van der Waals surface area contributed by atoms with Crippen LogP contribution in [0.2, 0.25) is 5.15 Å². The summed E-state index contributed by atoms with van der Waals surface area (Å²) in [5.74, 6) is 0. The van der Waals surface area contributed by atoms with E-state index >= 15 is 0 Å². The first kappa shape index (κ1) is 11.2. The summed E-state index contributed by atoms with van der Waals surface area (Å²) in [6.07, 6.45) is -0.888. The summed E-state index contributed by atoms with van der Waals surface area (Å²) in [5, 5.41) is 2.85. The molecule has 1 rings (SSSR count). The Balaban J connectivity index is 2.85. The van der Waals surface area contributed by atoms with E-state index in [9.17, 15) is 8.78 Å². The van der Waals surface area contributed by atoms with Crippen LogP contribution in [0.3, 0.4) is 0 Å². The molecule has 0 saturated carbocycles. The number of nitrogens with one attached hydrogen (secondary N) is 1. The zero-order valence-electron chi connectivity index (χ0n) is 7.89. The van der Waals surface area contributed by atoms with Crippen molar-refractivity contribution in [3.05, 3.63) is 23.0 Å². The third-order valence-electron chi connectivity index (χ3n) is 1.86. The first-order chi connectivity index (χ1) is 6.52. The largest absolute Gasteiger partial charge is 0.374 e. The molecular weight excluding hydrogens is 210 g/mol. The van der Waals surface area contributed by atoms with Crippen molar-refractivity contribution >= 4 is 17.3 Å². The van der Waals surface area contributed by atoms with E-state index in [0.29, 0.717) is 5.69 Å². The number of hydrogen-bond donors (Lipinski definition) is 1. The van der Waals surface area contributed by atoms with Gasteiger partial charge in [-0.2, -0.15) is 0 Å². The number of rotatable bonds is 3. The SMILES string of the molecule is Cc1ccnc(Cl)c1NC(C)C(F)F. The van der Waals surface area contributed by atoms with Crippen LogP contribution < -0.4 is 5.32 Å². The molecule has 0 aliphatic rings. The first-order valence-electron chi connectivity index (χ1n) is 4.18. The molecule has 0 aliphatic carbocycles. The summed E-state index contributed by atoms with van der Waals surface area (Å²) in [6, 6.07) is 0.780. The Morgan fingerprint density at radius 3 is 2.64 bits per heavy atom. The molecule has 0 aromatic carbocycles. The number of aryl methyl sites for hydroxylation is 1. The summed E-state index contributed by atoms with van der Waals surface area (Å²) in [7, 11) is 0. The van der Waals surface area contributed by atoms with E-state index in [1.165, 1.54) is 13.1 Å². The van der Waals surface area contributed by atoms with Gasteiger partial charge in [0.2, 0.25) is 0 Å². The standard InChI is InChI=1S/C9H11ClF2N2/c1-5-3-4-13-8(10)7(5)14-6(2)9(11)12/h3-4,6,9,14H,1-2H3. The van der Waals surface area contributed by atoms with E-state index in [-0.39, 0.29) is 5.15 Å². The molecule has 1 atom stereocenters. The fourth-order valence-electron chi connectivity index (χ4n) is 0.989. The Morgan fingerprint density at radius 2 is 2.14 bits per heavy atom. The van der Waals surface area contributed by atoms with Crippen LogP contribution in [0, 0.1) is 6.92 Å². The van der Waals surface area contributed by atoms with E-state index in [4.69, 9.17) is 11.6 Å². The Kier molecular flexibility index (Phi) is 3.63. The van der Waals surface area contributed by atoms with Gasteiger partial charge >= 0.3 is 0 Å². The number of hydrogen-bond acceptors (Lipinski definition) is 2. The van der Waals surface area contributed by atoms with Crippen LogP contribution in [0.15, 0.2) is 12.3 Å². The van der Waals surface area contributed by atoms with Crippen molar-refractivity contribution in [3.63, 3.8) is 0 Å².